The van der Waals surface area contributed by atoms with Gasteiger partial charge in [0, 0.05) is 77.8 Å². The number of aliphatic carboxylic acids is 1. The van der Waals surface area contributed by atoms with Crippen molar-refractivity contribution < 1.29 is 82.1 Å². The van der Waals surface area contributed by atoms with Crippen LogP contribution in [0.1, 0.15) is 120 Å². The summed E-state index contributed by atoms with van der Waals surface area (Å²) >= 11 is 0. The van der Waals surface area contributed by atoms with E-state index < -0.39 is 102 Å². The number of carbonyl (C=O) groups is 1. The monoisotopic (exact) mass is 917 g/mol. The van der Waals surface area contributed by atoms with Gasteiger partial charge in [0.05, 0.1) is 78.7 Å². The van der Waals surface area contributed by atoms with Crippen LogP contribution >= 0.6 is 0 Å². The van der Waals surface area contributed by atoms with Crippen LogP contribution in [0.15, 0.2) is 0 Å². The van der Waals surface area contributed by atoms with Gasteiger partial charge in [-0.05, 0) is 59.3 Å². The molecule has 0 bridgehead atoms. The molecule has 1 spiro atoms. The lowest BCUT2D eigenvalue weighted by Gasteiger charge is -2.53. The number of ether oxygens (including phenoxy) is 12. The molecule has 0 radical (unpaired) electrons. The van der Waals surface area contributed by atoms with E-state index in [9.17, 15) is 25.2 Å². The quantitative estimate of drug-likeness (QED) is 0.203. The first kappa shape index (κ1) is 50.7. The van der Waals surface area contributed by atoms with Gasteiger partial charge in [-0.2, -0.15) is 0 Å². The molecule has 64 heavy (non-hydrogen) atoms. The van der Waals surface area contributed by atoms with Crippen molar-refractivity contribution in [3.8, 4) is 0 Å². The minimum absolute atomic E-state index is 0.0406. The van der Waals surface area contributed by atoms with Gasteiger partial charge in [0.2, 0.25) is 0 Å². The fourth-order valence-electron chi connectivity index (χ4n) is 12.7. The first-order valence-corrected chi connectivity index (χ1v) is 23.8. The number of hydrogen-bond donors (Lipinski definition) is 4. The molecule has 0 amide bonds. The molecule has 7 aliphatic rings. The summed E-state index contributed by atoms with van der Waals surface area (Å²) in [5.74, 6) is -7.18. The Balaban J connectivity index is 1.09. The summed E-state index contributed by atoms with van der Waals surface area (Å²) in [6.45, 7) is 17.5. The predicted molar refractivity (Wildman–Crippen MR) is 228 cm³/mol. The van der Waals surface area contributed by atoms with Crippen LogP contribution in [0.5, 0.6) is 0 Å². The van der Waals surface area contributed by atoms with E-state index in [1.165, 1.54) is 14.2 Å². The summed E-state index contributed by atoms with van der Waals surface area (Å²) in [6.07, 6.45) is -3.18. The third-order valence-electron chi connectivity index (χ3n) is 16.8. The maximum absolute atomic E-state index is 11.9. The number of carboxylic acid groups (broad SMARTS) is 1. The topological polar surface area (TPSA) is 209 Å². The minimum atomic E-state index is -2.03. The van der Waals surface area contributed by atoms with Crippen LogP contribution in [-0.4, -0.2) is 169 Å². The molecule has 0 aromatic rings. The van der Waals surface area contributed by atoms with Gasteiger partial charge < -0.3 is 77.3 Å². The lowest BCUT2D eigenvalue weighted by molar-refractivity contribution is -0.365. The minimum Gasteiger partial charge on any atom is -0.481 e. The van der Waals surface area contributed by atoms with Gasteiger partial charge in [-0.15, -0.1) is 0 Å². The van der Waals surface area contributed by atoms with Crippen LogP contribution < -0.4 is 0 Å². The molecule has 0 saturated carbocycles. The molecule has 17 heteroatoms. The van der Waals surface area contributed by atoms with E-state index in [1.807, 2.05) is 34.6 Å². The van der Waals surface area contributed by atoms with Gasteiger partial charge in [-0.1, -0.05) is 34.6 Å². The maximum atomic E-state index is 11.9. The standard InChI is InChI=1S/C47H80O17/c1-23-18-24(2)45(9,51)61-36(23)31-19-32(58-35-20-30(53-10)40(55-12)28(6)57-35)42(59-31)44(8)15-14-33(60-44)43(7)16-17-46(64-43)21-29(48)25(3)37(62-46)26(4)38-41(56-13)39(54-11)27(5)47(52,63-38)22-34(49)50/h23-33,35-42,48,51-52H,14-22H2,1-13H3,(H,49,50)/t23-,24+,25+,26+,27-,28-,29-,30-,31+,32-,33+,35+,36-,37-,38-,39-,40-,41-,42+,43+,44-,45-,46+,47+/m0/s1. The maximum Gasteiger partial charge on any atom is 0.308 e. The molecule has 7 aliphatic heterocycles. The summed E-state index contributed by atoms with van der Waals surface area (Å²) in [5.41, 5.74) is -1.60. The zero-order chi connectivity index (χ0) is 46.9. The Bertz CT molecular complexity index is 1600. The van der Waals surface area contributed by atoms with E-state index in [0.29, 0.717) is 38.5 Å². The van der Waals surface area contributed by atoms with E-state index >= 15 is 0 Å². The van der Waals surface area contributed by atoms with E-state index in [4.69, 9.17) is 56.8 Å². The van der Waals surface area contributed by atoms with Gasteiger partial charge >= 0.3 is 5.97 Å². The molecule has 24 atom stereocenters. The second-order valence-corrected chi connectivity index (χ2v) is 21.3. The van der Waals surface area contributed by atoms with Crippen molar-refractivity contribution in [1.29, 1.82) is 0 Å². The summed E-state index contributed by atoms with van der Waals surface area (Å²) < 4.78 is 77.6. The molecular weight excluding hydrogens is 836 g/mol. The Hall–Kier alpha value is -1.13. The molecule has 0 aromatic carbocycles. The average Bonchev–Trinajstić information content (AvgIpc) is 3.94. The highest BCUT2D eigenvalue weighted by Gasteiger charge is 2.64. The van der Waals surface area contributed by atoms with Gasteiger partial charge in [0.15, 0.2) is 23.7 Å². The number of aliphatic hydroxyl groups is 3. The van der Waals surface area contributed by atoms with E-state index in [0.717, 1.165) is 6.42 Å². The van der Waals surface area contributed by atoms with Crippen molar-refractivity contribution in [2.75, 3.05) is 28.4 Å². The molecule has 7 heterocycles. The summed E-state index contributed by atoms with van der Waals surface area (Å²) in [6, 6.07) is 0. The first-order chi connectivity index (χ1) is 30.0. The molecule has 4 N–H and O–H groups in total. The Morgan fingerprint density at radius 1 is 0.766 bits per heavy atom. The van der Waals surface area contributed by atoms with Crippen LogP contribution in [-0.2, 0) is 61.6 Å². The zero-order valence-electron chi connectivity index (χ0n) is 40.4. The van der Waals surface area contributed by atoms with Crippen molar-refractivity contribution >= 4 is 5.97 Å². The predicted octanol–water partition coefficient (Wildman–Crippen LogP) is 4.32. The van der Waals surface area contributed by atoms with Crippen molar-refractivity contribution in [3.63, 3.8) is 0 Å². The normalized spacial score (nSPS) is 54.1. The van der Waals surface area contributed by atoms with Crippen LogP contribution in [0.25, 0.3) is 0 Å². The molecule has 7 saturated heterocycles. The van der Waals surface area contributed by atoms with Crippen LogP contribution in [0, 0.1) is 29.6 Å². The van der Waals surface area contributed by atoms with Gasteiger partial charge in [0.25, 0.3) is 0 Å². The Kier molecular flexibility index (Phi) is 15.1. The number of rotatable bonds is 13. The molecule has 7 fully saturated rings. The highest BCUT2D eigenvalue weighted by atomic mass is 16.7. The van der Waals surface area contributed by atoms with Gasteiger partial charge in [-0.25, -0.2) is 0 Å². The average molecular weight is 917 g/mol. The number of methoxy groups -OCH3 is 4. The summed E-state index contributed by atoms with van der Waals surface area (Å²) in [7, 11) is 6.37. The van der Waals surface area contributed by atoms with Gasteiger partial charge in [-0.3, -0.25) is 4.79 Å². The van der Waals surface area contributed by atoms with E-state index in [1.54, 1.807) is 28.1 Å². The Morgan fingerprint density at radius 3 is 2.09 bits per heavy atom. The SMILES string of the molecule is CO[C@@H]1[C@@H](OC)[C@H](C)[C@@](O)(CC(=O)O)O[C@H]1[C@H](C)[C@H]1O[C@@]2(CC[C@](C)([C@H]3CC[C@@](C)([C@@H]4O[C@@H]([C@H]5O[C@](C)(O)[C@H](C)C[C@@H]5C)C[C@@H]4O[C@@H]4C[C@H](OC)[C@@H](OC)[C@H](C)O4)O3)O2)C[C@H](O)[C@H]1C. The Morgan fingerprint density at radius 2 is 1.45 bits per heavy atom. The highest BCUT2D eigenvalue weighted by molar-refractivity contribution is 5.68. The number of hydrogen-bond acceptors (Lipinski definition) is 16. The molecule has 17 nitrogen and oxygen atoms in total. The third-order valence-corrected chi connectivity index (χ3v) is 16.8. The van der Waals surface area contributed by atoms with Crippen molar-refractivity contribution in [2.24, 2.45) is 29.6 Å². The molecule has 0 aromatic heterocycles. The molecular formula is C47H80O17. The fourth-order valence-corrected chi connectivity index (χ4v) is 12.7. The molecule has 7 rings (SSSR count). The van der Waals surface area contributed by atoms with Gasteiger partial charge in [0.1, 0.15) is 18.3 Å². The molecule has 370 valence electrons. The van der Waals surface area contributed by atoms with Crippen molar-refractivity contribution in [1.82, 2.24) is 0 Å². The second kappa shape index (κ2) is 19.0. The zero-order valence-corrected chi connectivity index (χ0v) is 40.4. The van der Waals surface area contributed by atoms with Crippen LogP contribution in [0.3, 0.4) is 0 Å². The number of aliphatic hydroxyl groups excluding tert-OH is 1. The fraction of sp³-hybridized carbons (Fsp3) is 0.979. The third kappa shape index (κ3) is 9.46. The van der Waals surface area contributed by atoms with Crippen molar-refractivity contribution in [2.45, 2.75) is 234 Å². The Labute approximate surface area is 379 Å². The highest BCUT2D eigenvalue weighted by Crippen LogP contribution is 2.55. The largest absolute Gasteiger partial charge is 0.481 e. The summed E-state index contributed by atoms with van der Waals surface area (Å²) in [4.78, 5) is 11.9. The number of carboxylic acids is 1. The lowest BCUT2D eigenvalue weighted by atomic mass is 9.75. The van der Waals surface area contributed by atoms with E-state index in [-0.39, 0.29) is 60.8 Å². The smallest absolute Gasteiger partial charge is 0.308 e. The molecule has 0 unspecified atom stereocenters. The molecule has 0 aliphatic carbocycles. The van der Waals surface area contributed by atoms with Crippen LogP contribution in [0.4, 0.5) is 0 Å². The second-order valence-electron chi connectivity index (χ2n) is 21.3. The first-order valence-electron chi connectivity index (χ1n) is 23.8. The van der Waals surface area contributed by atoms with Crippen molar-refractivity contribution in [3.05, 3.63) is 0 Å². The lowest BCUT2D eigenvalue weighted by Crippen LogP contribution is -2.65. The van der Waals surface area contributed by atoms with E-state index in [2.05, 4.69) is 13.8 Å². The summed E-state index contributed by atoms with van der Waals surface area (Å²) in [5, 5.41) is 44.3. The van der Waals surface area contributed by atoms with Crippen LogP contribution in [0.2, 0.25) is 0 Å².